The van der Waals surface area contributed by atoms with E-state index < -0.39 is 0 Å². The summed E-state index contributed by atoms with van der Waals surface area (Å²) in [5, 5.41) is 4.26. The Bertz CT molecular complexity index is 278. The van der Waals surface area contributed by atoms with Gasteiger partial charge in [-0.2, -0.15) is 5.10 Å². The van der Waals surface area contributed by atoms with Gasteiger partial charge in [0.25, 0.3) is 0 Å². The number of rotatable bonds is 3. The number of hydrogen-bond donors (Lipinski definition) is 1. The summed E-state index contributed by atoms with van der Waals surface area (Å²) in [6.07, 6.45) is 5.49. The Kier molecular flexibility index (Phi) is 3.20. The van der Waals surface area contributed by atoms with Crippen molar-refractivity contribution in [2.45, 2.75) is 38.6 Å². The molecule has 1 aliphatic rings. The number of nitrogen functional groups attached to an aromatic ring is 1. The second kappa shape index (κ2) is 4.01. The van der Waals surface area contributed by atoms with Gasteiger partial charge >= 0.3 is 0 Å². The lowest BCUT2D eigenvalue weighted by Crippen LogP contribution is -2.04. The molecule has 3 nitrogen and oxygen atoms in total. The van der Waals surface area contributed by atoms with Crippen molar-refractivity contribution in [1.29, 1.82) is 0 Å². The minimum atomic E-state index is 0. The summed E-state index contributed by atoms with van der Waals surface area (Å²) in [6.45, 7) is 3.16. The van der Waals surface area contributed by atoms with Gasteiger partial charge < -0.3 is 5.73 Å². The minimum absolute atomic E-state index is 0. The van der Waals surface area contributed by atoms with Crippen LogP contribution in [0.4, 0.5) is 5.69 Å². The van der Waals surface area contributed by atoms with Crippen LogP contribution in [0.1, 0.15) is 37.8 Å². The molecule has 2 N–H and O–H groups in total. The second-order valence-corrected chi connectivity index (χ2v) is 3.48. The lowest BCUT2D eigenvalue weighted by Gasteiger charge is -2.04. The van der Waals surface area contributed by atoms with E-state index in [1.807, 2.05) is 0 Å². The maximum absolute atomic E-state index is 5.83. The Balaban J connectivity index is 0.000000845. The Labute approximate surface area is 84.7 Å². The summed E-state index contributed by atoms with van der Waals surface area (Å²) in [5.74, 6) is 0.707. The highest BCUT2D eigenvalue weighted by atomic mass is 35.5. The van der Waals surface area contributed by atoms with Crippen LogP contribution in [0.2, 0.25) is 0 Å². The maximum Gasteiger partial charge on any atom is 0.0735 e. The largest absolute Gasteiger partial charge is 0.396 e. The van der Waals surface area contributed by atoms with E-state index in [-0.39, 0.29) is 12.4 Å². The van der Waals surface area contributed by atoms with Gasteiger partial charge in [0.1, 0.15) is 0 Å². The number of anilines is 1. The van der Waals surface area contributed by atoms with Gasteiger partial charge in [-0.05, 0) is 19.3 Å². The van der Waals surface area contributed by atoms with Gasteiger partial charge in [-0.15, -0.1) is 12.4 Å². The van der Waals surface area contributed by atoms with Gasteiger partial charge in [-0.25, -0.2) is 0 Å². The normalized spacial score (nSPS) is 15.5. The van der Waals surface area contributed by atoms with Gasteiger partial charge in [0.15, 0.2) is 0 Å². The first-order valence-corrected chi connectivity index (χ1v) is 4.64. The van der Waals surface area contributed by atoms with Crippen LogP contribution in [0.25, 0.3) is 0 Å². The average molecular weight is 202 g/mol. The number of aromatic nitrogens is 2. The van der Waals surface area contributed by atoms with E-state index in [2.05, 4.69) is 16.7 Å². The Morgan fingerprint density at radius 2 is 2.31 bits per heavy atom. The smallest absolute Gasteiger partial charge is 0.0735 e. The van der Waals surface area contributed by atoms with Gasteiger partial charge in [0.05, 0.1) is 17.6 Å². The molecule has 0 saturated heterocycles. The van der Waals surface area contributed by atoms with Crippen molar-refractivity contribution in [1.82, 2.24) is 9.78 Å². The molecule has 13 heavy (non-hydrogen) atoms. The van der Waals surface area contributed by atoms with E-state index in [0.29, 0.717) is 5.92 Å². The predicted molar refractivity (Wildman–Crippen MR) is 56.2 cm³/mol. The highest BCUT2D eigenvalue weighted by molar-refractivity contribution is 5.85. The molecule has 0 aromatic carbocycles. The van der Waals surface area contributed by atoms with Gasteiger partial charge in [-0.1, -0.05) is 6.92 Å². The van der Waals surface area contributed by atoms with Crippen LogP contribution >= 0.6 is 12.4 Å². The first-order valence-electron chi connectivity index (χ1n) is 4.64. The molecule has 1 aromatic heterocycles. The first kappa shape index (κ1) is 10.4. The molecule has 0 spiro atoms. The van der Waals surface area contributed by atoms with Crippen molar-refractivity contribution in [2.24, 2.45) is 0 Å². The third-order valence-electron chi connectivity index (χ3n) is 2.31. The topological polar surface area (TPSA) is 43.8 Å². The van der Waals surface area contributed by atoms with Crippen LogP contribution in [0, 0.1) is 0 Å². The lowest BCUT2D eigenvalue weighted by atomic mass is 10.2. The van der Waals surface area contributed by atoms with Crippen molar-refractivity contribution in [3.05, 3.63) is 11.9 Å². The van der Waals surface area contributed by atoms with E-state index in [9.17, 15) is 0 Å². The minimum Gasteiger partial charge on any atom is -0.396 e. The molecule has 1 fully saturated rings. The van der Waals surface area contributed by atoms with Crippen molar-refractivity contribution in [3.63, 3.8) is 0 Å². The summed E-state index contributed by atoms with van der Waals surface area (Å²) in [7, 11) is 0. The predicted octanol–water partition coefficient (Wildman–Crippen LogP) is 2.17. The molecule has 4 heteroatoms. The molecule has 2 rings (SSSR count). The molecule has 74 valence electrons. The summed E-state index contributed by atoms with van der Waals surface area (Å²) in [4.78, 5) is 0. The van der Waals surface area contributed by atoms with E-state index in [0.717, 1.165) is 18.7 Å². The van der Waals surface area contributed by atoms with Crippen molar-refractivity contribution in [2.75, 3.05) is 5.73 Å². The molecule has 0 atom stereocenters. The lowest BCUT2D eigenvalue weighted by molar-refractivity contribution is 0.575. The van der Waals surface area contributed by atoms with E-state index in [1.165, 1.54) is 18.5 Å². The molecule has 1 saturated carbocycles. The van der Waals surface area contributed by atoms with Crippen LogP contribution < -0.4 is 5.73 Å². The Morgan fingerprint density at radius 3 is 2.85 bits per heavy atom. The summed E-state index contributed by atoms with van der Waals surface area (Å²) < 4.78 is 2.06. The summed E-state index contributed by atoms with van der Waals surface area (Å²) in [5.41, 5.74) is 7.98. The number of nitrogens with two attached hydrogens (primary N) is 1. The molecular formula is C9H16ClN3. The van der Waals surface area contributed by atoms with Crippen LogP contribution in [0.5, 0.6) is 0 Å². The highest BCUT2D eigenvalue weighted by Gasteiger charge is 2.29. The van der Waals surface area contributed by atoms with Gasteiger partial charge in [0, 0.05) is 12.5 Å². The van der Waals surface area contributed by atoms with Crippen molar-refractivity contribution < 1.29 is 0 Å². The molecule has 0 radical (unpaired) electrons. The third-order valence-corrected chi connectivity index (χ3v) is 2.31. The first-order chi connectivity index (χ1) is 5.83. The quantitative estimate of drug-likeness (QED) is 0.815. The van der Waals surface area contributed by atoms with E-state index in [4.69, 9.17) is 5.73 Å². The monoisotopic (exact) mass is 201 g/mol. The van der Waals surface area contributed by atoms with Gasteiger partial charge in [-0.3, -0.25) is 4.68 Å². The highest BCUT2D eigenvalue weighted by Crippen LogP contribution is 2.42. The zero-order chi connectivity index (χ0) is 8.55. The maximum atomic E-state index is 5.83. The Hall–Kier alpha value is -0.700. The average Bonchev–Trinajstić information content (AvgIpc) is 2.80. The van der Waals surface area contributed by atoms with Crippen LogP contribution in [-0.2, 0) is 6.54 Å². The molecule has 0 unspecified atom stereocenters. The molecule has 0 bridgehead atoms. The second-order valence-electron chi connectivity index (χ2n) is 3.48. The molecule has 1 aliphatic carbocycles. The van der Waals surface area contributed by atoms with Crippen LogP contribution in [0.3, 0.4) is 0 Å². The standard InChI is InChI=1S/C9H15N3.ClH/c1-2-5-12-9(7-3-4-7)8(10)6-11-12;/h6-7H,2-5,10H2,1H3;1H. The van der Waals surface area contributed by atoms with Crippen LogP contribution in [-0.4, -0.2) is 9.78 Å². The SMILES string of the molecule is CCCn1ncc(N)c1C1CC1.Cl. The third kappa shape index (κ3) is 1.97. The summed E-state index contributed by atoms with van der Waals surface area (Å²) >= 11 is 0. The molecule has 0 aliphatic heterocycles. The van der Waals surface area contributed by atoms with E-state index in [1.54, 1.807) is 6.20 Å². The number of hydrogen-bond acceptors (Lipinski definition) is 2. The van der Waals surface area contributed by atoms with Crippen molar-refractivity contribution >= 4 is 18.1 Å². The van der Waals surface area contributed by atoms with Crippen molar-refractivity contribution in [3.8, 4) is 0 Å². The van der Waals surface area contributed by atoms with Gasteiger partial charge in [0.2, 0.25) is 0 Å². The van der Waals surface area contributed by atoms with Crippen LogP contribution in [0.15, 0.2) is 6.20 Å². The zero-order valence-electron chi connectivity index (χ0n) is 7.86. The zero-order valence-corrected chi connectivity index (χ0v) is 8.68. The Morgan fingerprint density at radius 1 is 1.62 bits per heavy atom. The number of aryl methyl sites for hydroxylation is 1. The fourth-order valence-electron chi connectivity index (χ4n) is 1.60. The molecular weight excluding hydrogens is 186 g/mol. The fraction of sp³-hybridized carbons (Fsp3) is 0.667. The fourth-order valence-corrected chi connectivity index (χ4v) is 1.60. The number of halogens is 1. The molecule has 0 amide bonds. The summed E-state index contributed by atoms with van der Waals surface area (Å²) in [6, 6.07) is 0. The molecule has 1 heterocycles. The number of nitrogens with zero attached hydrogens (tertiary/aromatic N) is 2. The molecule has 1 aromatic rings. The van der Waals surface area contributed by atoms with E-state index >= 15 is 0 Å².